The molecule has 0 aliphatic rings. The van der Waals surface area contributed by atoms with E-state index in [9.17, 15) is 0 Å². The van der Waals surface area contributed by atoms with Gasteiger partial charge in [0, 0.05) is 0 Å². The fraction of sp³-hybridized carbons (Fsp3) is 0.818. The van der Waals surface area contributed by atoms with Gasteiger partial charge >= 0.3 is 0 Å². The summed E-state index contributed by atoms with van der Waals surface area (Å²) in [6, 6.07) is 0. The molecule has 0 saturated carbocycles. The average Bonchev–Trinajstić information content (AvgIpc) is 2.58. The van der Waals surface area contributed by atoms with E-state index in [4.69, 9.17) is 0 Å². The molecule has 1 aromatic rings. The van der Waals surface area contributed by atoms with E-state index >= 15 is 0 Å². The Morgan fingerprint density at radius 3 is 2.43 bits per heavy atom. The summed E-state index contributed by atoms with van der Waals surface area (Å²) in [4.78, 5) is 0. The van der Waals surface area contributed by atoms with Crippen LogP contribution in [0.1, 0.15) is 56.8 Å². The Kier molecular flexibility index (Phi) is 5.27. The third-order valence-corrected chi connectivity index (χ3v) is 2.59. The molecule has 0 amide bonds. The molecular weight excluding hydrogens is 174 g/mol. The van der Waals surface area contributed by atoms with Gasteiger partial charge in [-0.1, -0.05) is 44.2 Å². The monoisotopic (exact) mass is 195 g/mol. The molecule has 1 aromatic heterocycles. The first-order valence-corrected chi connectivity index (χ1v) is 5.71. The van der Waals surface area contributed by atoms with Crippen molar-refractivity contribution in [3.8, 4) is 0 Å². The average molecular weight is 195 g/mol. The van der Waals surface area contributed by atoms with Gasteiger partial charge in [-0.3, -0.25) is 5.10 Å². The van der Waals surface area contributed by atoms with E-state index in [1.165, 1.54) is 38.5 Å². The largest absolute Gasteiger partial charge is 0.262 e. The van der Waals surface area contributed by atoms with Crippen LogP contribution in [0.5, 0.6) is 0 Å². The minimum atomic E-state index is 1.08. The van der Waals surface area contributed by atoms with Gasteiger partial charge < -0.3 is 0 Å². The molecule has 0 unspecified atom stereocenters. The van der Waals surface area contributed by atoms with Crippen molar-refractivity contribution in [1.29, 1.82) is 0 Å². The van der Waals surface area contributed by atoms with Gasteiger partial charge in [0.25, 0.3) is 0 Å². The van der Waals surface area contributed by atoms with Crippen molar-refractivity contribution in [3.05, 3.63) is 11.4 Å². The maximum atomic E-state index is 4.04. The van der Waals surface area contributed by atoms with E-state index in [-0.39, 0.29) is 0 Å². The fourth-order valence-corrected chi connectivity index (χ4v) is 1.61. The zero-order valence-electron chi connectivity index (χ0n) is 9.34. The molecular formula is C11H21N3. The summed E-state index contributed by atoms with van der Waals surface area (Å²) in [5.74, 6) is 0. The summed E-state index contributed by atoms with van der Waals surface area (Å²) < 4.78 is 0. The Morgan fingerprint density at radius 1 is 1.07 bits per heavy atom. The summed E-state index contributed by atoms with van der Waals surface area (Å²) in [7, 11) is 0. The summed E-state index contributed by atoms with van der Waals surface area (Å²) in [6.07, 6.45) is 9.10. The van der Waals surface area contributed by atoms with Crippen molar-refractivity contribution < 1.29 is 0 Å². The number of H-pyrrole nitrogens is 1. The molecule has 0 atom stereocenters. The van der Waals surface area contributed by atoms with Gasteiger partial charge in [-0.15, -0.1) is 5.10 Å². The Hall–Kier alpha value is -0.860. The van der Waals surface area contributed by atoms with Crippen molar-refractivity contribution in [2.75, 3.05) is 0 Å². The molecule has 0 aliphatic heterocycles. The second-order valence-electron chi connectivity index (χ2n) is 3.90. The van der Waals surface area contributed by atoms with Gasteiger partial charge in [-0.25, -0.2) is 0 Å². The first-order chi connectivity index (χ1) is 6.84. The van der Waals surface area contributed by atoms with Crippen LogP contribution in [0.4, 0.5) is 0 Å². The van der Waals surface area contributed by atoms with E-state index in [0.29, 0.717) is 0 Å². The van der Waals surface area contributed by atoms with Crippen molar-refractivity contribution in [2.24, 2.45) is 0 Å². The van der Waals surface area contributed by atoms with Gasteiger partial charge in [0.1, 0.15) is 0 Å². The number of unbranched alkanes of at least 4 members (excludes halogenated alkanes) is 5. The van der Waals surface area contributed by atoms with Crippen LogP contribution in [0.3, 0.4) is 0 Å². The predicted molar refractivity (Wildman–Crippen MR) is 58.2 cm³/mol. The predicted octanol–water partition coefficient (Wildman–Crippen LogP) is 3.02. The highest BCUT2D eigenvalue weighted by atomic mass is 15.3. The lowest BCUT2D eigenvalue weighted by molar-refractivity contribution is 0.604. The van der Waals surface area contributed by atoms with E-state index in [1.54, 1.807) is 0 Å². The highest BCUT2D eigenvalue weighted by molar-refractivity contribution is 5.05. The first-order valence-electron chi connectivity index (χ1n) is 5.71. The summed E-state index contributed by atoms with van der Waals surface area (Å²) >= 11 is 0. The van der Waals surface area contributed by atoms with Crippen LogP contribution in [-0.2, 0) is 6.42 Å². The number of nitrogens with one attached hydrogen (secondary N) is 1. The lowest BCUT2D eigenvalue weighted by Crippen LogP contribution is -1.89. The number of aryl methyl sites for hydroxylation is 2. The molecule has 14 heavy (non-hydrogen) atoms. The van der Waals surface area contributed by atoms with Gasteiger partial charge in [0.2, 0.25) is 0 Å². The van der Waals surface area contributed by atoms with Crippen LogP contribution < -0.4 is 0 Å². The van der Waals surface area contributed by atoms with Crippen LogP contribution >= 0.6 is 0 Å². The highest BCUT2D eigenvalue weighted by Gasteiger charge is 2.00. The molecule has 1 rings (SSSR count). The zero-order valence-corrected chi connectivity index (χ0v) is 9.34. The number of aromatic amines is 1. The molecule has 1 heterocycles. The van der Waals surface area contributed by atoms with Crippen molar-refractivity contribution >= 4 is 0 Å². The van der Waals surface area contributed by atoms with Crippen LogP contribution in [-0.4, -0.2) is 15.4 Å². The Bertz CT molecular complexity index is 242. The molecule has 0 bridgehead atoms. The topological polar surface area (TPSA) is 41.6 Å². The molecule has 1 N–H and O–H groups in total. The molecule has 0 radical (unpaired) electrons. The molecule has 0 saturated heterocycles. The smallest absolute Gasteiger partial charge is 0.0853 e. The number of rotatable bonds is 7. The van der Waals surface area contributed by atoms with Crippen molar-refractivity contribution in [3.63, 3.8) is 0 Å². The second kappa shape index (κ2) is 6.57. The van der Waals surface area contributed by atoms with Crippen LogP contribution in [0.25, 0.3) is 0 Å². The molecule has 0 spiro atoms. The summed E-state index contributed by atoms with van der Waals surface area (Å²) in [5.41, 5.74) is 2.26. The maximum Gasteiger partial charge on any atom is 0.0853 e. The standard InChI is InChI=1S/C11H21N3/c1-3-4-5-6-7-8-9-11-10(2)12-14-13-11/h3-9H2,1-2H3,(H,12,13,14). The number of hydrogen-bond acceptors (Lipinski definition) is 2. The van der Waals surface area contributed by atoms with Crippen LogP contribution in [0.15, 0.2) is 0 Å². The van der Waals surface area contributed by atoms with E-state index < -0.39 is 0 Å². The normalized spacial score (nSPS) is 10.7. The minimum absolute atomic E-state index is 1.08. The summed E-state index contributed by atoms with van der Waals surface area (Å²) in [6.45, 7) is 4.28. The van der Waals surface area contributed by atoms with Gasteiger partial charge in [-0.2, -0.15) is 0 Å². The van der Waals surface area contributed by atoms with E-state index in [1.807, 2.05) is 6.92 Å². The molecule has 0 fully saturated rings. The van der Waals surface area contributed by atoms with Crippen LogP contribution in [0, 0.1) is 6.92 Å². The zero-order chi connectivity index (χ0) is 10.2. The van der Waals surface area contributed by atoms with Crippen molar-refractivity contribution in [1.82, 2.24) is 15.4 Å². The van der Waals surface area contributed by atoms with Crippen LogP contribution in [0.2, 0.25) is 0 Å². The Morgan fingerprint density at radius 2 is 1.79 bits per heavy atom. The molecule has 0 aromatic carbocycles. The molecule has 3 nitrogen and oxygen atoms in total. The maximum absolute atomic E-state index is 4.04. The van der Waals surface area contributed by atoms with E-state index in [0.717, 1.165) is 17.8 Å². The summed E-state index contributed by atoms with van der Waals surface area (Å²) in [5, 5.41) is 10.7. The first kappa shape index (κ1) is 11.2. The fourth-order valence-electron chi connectivity index (χ4n) is 1.61. The third-order valence-electron chi connectivity index (χ3n) is 2.59. The molecule has 80 valence electrons. The van der Waals surface area contributed by atoms with Gasteiger partial charge in [0.05, 0.1) is 11.4 Å². The SMILES string of the molecule is CCCCCCCCc1nn[nH]c1C. The second-order valence-corrected chi connectivity index (χ2v) is 3.90. The number of aromatic nitrogens is 3. The number of hydrogen-bond donors (Lipinski definition) is 1. The molecule has 3 heteroatoms. The van der Waals surface area contributed by atoms with Gasteiger partial charge in [0.15, 0.2) is 0 Å². The van der Waals surface area contributed by atoms with Gasteiger partial charge in [-0.05, 0) is 19.8 Å². The van der Waals surface area contributed by atoms with Crippen molar-refractivity contribution in [2.45, 2.75) is 58.8 Å². The minimum Gasteiger partial charge on any atom is -0.262 e. The quantitative estimate of drug-likeness (QED) is 0.679. The lowest BCUT2D eigenvalue weighted by Gasteiger charge is -1.99. The Labute approximate surface area is 86.3 Å². The highest BCUT2D eigenvalue weighted by Crippen LogP contribution is 2.09. The lowest BCUT2D eigenvalue weighted by atomic mass is 10.1. The van der Waals surface area contributed by atoms with E-state index in [2.05, 4.69) is 22.3 Å². The number of nitrogens with zero attached hydrogens (tertiary/aromatic N) is 2. The Balaban J connectivity index is 2.02. The third kappa shape index (κ3) is 3.90. The molecule has 0 aliphatic carbocycles.